The standard InChI is InChI=1S/C22H24N4O3/c1-15-7-9-16(10-8-15)26-21(27)13-18(24-26)22(28)25-12-11-23-14-19(25)17-5-3-4-6-20(17)29-2/h3-10,13,19,23-24H,11-12,14H2,1-2H3. The van der Waals surface area contributed by atoms with Gasteiger partial charge in [0.15, 0.2) is 0 Å². The van der Waals surface area contributed by atoms with Crippen molar-refractivity contribution in [1.82, 2.24) is 20.0 Å². The minimum absolute atomic E-state index is 0.182. The lowest BCUT2D eigenvalue weighted by Crippen LogP contribution is -2.48. The molecule has 1 aliphatic heterocycles. The van der Waals surface area contributed by atoms with Crippen LogP contribution in [0.3, 0.4) is 0 Å². The summed E-state index contributed by atoms with van der Waals surface area (Å²) in [5.74, 6) is 0.537. The molecule has 3 aromatic rings. The van der Waals surface area contributed by atoms with E-state index in [1.54, 1.807) is 12.0 Å². The highest BCUT2D eigenvalue weighted by molar-refractivity contribution is 5.92. The maximum atomic E-state index is 13.3. The Morgan fingerprint density at radius 2 is 1.90 bits per heavy atom. The summed E-state index contributed by atoms with van der Waals surface area (Å²) < 4.78 is 6.89. The summed E-state index contributed by atoms with van der Waals surface area (Å²) in [6, 6.07) is 16.4. The maximum absolute atomic E-state index is 13.3. The van der Waals surface area contributed by atoms with Crippen LogP contribution < -0.4 is 15.6 Å². The molecule has 29 heavy (non-hydrogen) atoms. The number of hydrogen-bond acceptors (Lipinski definition) is 4. The van der Waals surface area contributed by atoms with E-state index in [-0.39, 0.29) is 23.2 Å². The van der Waals surface area contributed by atoms with Crippen molar-refractivity contribution in [3.63, 3.8) is 0 Å². The van der Waals surface area contributed by atoms with Gasteiger partial charge in [0.25, 0.3) is 11.5 Å². The molecule has 0 saturated carbocycles. The predicted molar refractivity (Wildman–Crippen MR) is 111 cm³/mol. The van der Waals surface area contributed by atoms with E-state index in [1.807, 2.05) is 55.5 Å². The fraction of sp³-hybridized carbons (Fsp3) is 0.273. The summed E-state index contributed by atoms with van der Waals surface area (Å²) in [4.78, 5) is 27.6. The SMILES string of the molecule is COc1ccccc1C1CNCCN1C(=O)c1cc(=O)n(-c2ccc(C)cc2)[nH]1. The summed E-state index contributed by atoms with van der Waals surface area (Å²) >= 11 is 0. The van der Waals surface area contributed by atoms with Crippen LogP contribution in [-0.2, 0) is 0 Å². The predicted octanol–water partition coefficient (Wildman–Crippen LogP) is 2.27. The lowest BCUT2D eigenvalue weighted by atomic mass is 10.0. The molecule has 0 aliphatic carbocycles. The second-order valence-electron chi connectivity index (χ2n) is 7.14. The van der Waals surface area contributed by atoms with E-state index in [2.05, 4.69) is 10.4 Å². The quantitative estimate of drug-likeness (QED) is 0.714. The fourth-order valence-corrected chi connectivity index (χ4v) is 3.71. The Balaban J connectivity index is 1.67. The average molecular weight is 392 g/mol. The van der Waals surface area contributed by atoms with Crippen molar-refractivity contribution in [3.05, 3.63) is 81.8 Å². The van der Waals surface area contributed by atoms with E-state index in [9.17, 15) is 9.59 Å². The number of para-hydroxylation sites is 1. The molecule has 4 rings (SSSR count). The summed E-state index contributed by atoms with van der Waals surface area (Å²) in [5.41, 5.74) is 2.75. The zero-order valence-corrected chi connectivity index (χ0v) is 16.5. The van der Waals surface area contributed by atoms with Crippen LogP contribution in [0.15, 0.2) is 59.4 Å². The molecule has 1 aromatic heterocycles. The van der Waals surface area contributed by atoms with Gasteiger partial charge in [0.2, 0.25) is 0 Å². The third-order valence-corrected chi connectivity index (χ3v) is 5.25. The molecule has 1 amide bonds. The number of carbonyl (C=O) groups is 1. The number of H-pyrrole nitrogens is 1. The highest BCUT2D eigenvalue weighted by Crippen LogP contribution is 2.30. The van der Waals surface area contributed by atoms with Crippen LogP contribution in [0.1, 0.15) is 27.7 Å². The lowest BCUT2D eigenvalue weighted by molar-refractivity contribution is 0.0625. The third-order valence-electron chi connectivity index (χ3n) is 5.25. The zero-order chi connectivity index (χ0) is 20.4. The van der Waals surface area contributed by atoms with Gasteiger partial charge in [-0.1, -0.05) is 35.9 Å². The molecule has 1 saturated heterocycles. The second-order valence-corrected chi connectivity index (χ2v) is 7.14. The largest absolute Gasteiger partial charge is 0.496 e. The smallest absolute Gasteiger partial charge is 0.272 e. The highest BCUT2D eigenvalue weighted by atomic mass is 16.5. The minimum atomic E-state index is -0.263. The minimum Gasteiger partial charge on any atom is -0.496 e. The highest BCUT2D eigenvalue weighted by Gasteiger charge is 2.31. The van der Waals surface area contributed by atoms with Crippen LogP contribution in [0, 0.1) is 6.92 Å². The van der Waals surface area contributed by atoms with E-state index >= 15 is 0 Å². The lowest BCUT2D eigenvalue weighted by Gasteiger charge is -2.36. The first-order chi connectivity index (χ1) is 14.1. The van der Waals surface area contributed by atoms with Crippen molar-refractivity contribution in [1.29, 1.82) is 0 Å². The topological polar surface area (TPSA) is 79.4 Å². The van der Waals surface area contributed by atoms with Crippen molar-refractivity contribution in [2.45, 2.75) is 13.0 Å². The molecule has 1 fully saturated rings. The van der Waals surface area contributed by atoms with Crippen LogP contribution in [0.4, 0.5) is 0 Å². The molecule has 2 aromatic carbocycles. The number of rotatable bonds is 4. The summed E-state index contributed by atoms with van der Waals surface area (Å²) in [6.45, 7) is 3.84. The molecule has 2 N–H and O–H groups in total. The van der Waals surface area contributed by atoms with E-state index in [0.717, 1.165) is 16.9 Å². The number of amides is 1. The van der Waals surface area contributed by atoms with Gasteiger partial charge in [0.1, 0.15) is 11.4 Å². The van der Waals surface area contributed by atoms with Gasteiger partial charge in [0, 0.05) is 31.3 Å². The third kappa shape index (κ3) is 3.69. The Kier molecular flexibility index (Phi) is 5.22. The monoisotopic (exact) mass is 392 g/mol. The summed E-state index contributed by atoms with van der Waals surface area (Å²) in [5, 5.41) is 6.32. The van der Waals surface area contributed by atoms with E-state index in [4.69, 9.17) is 4.74 Å². The van der Waals surface area contributed by atoms with Gasteiger partial charge in [-0.25, -0.2) is 4.68 Å². The van der Waals surface area contributed by atoms with Crippen LogP contribution in [-0.4, -0.2) is 47.3 Å². The number of nitrogens with zero attached hydrogens (tertiary/aromatic N) is 2. The van der Waals surface area contributed by atoms with E-state index in [1.165, 1.54) is 10.7 Å². The number of carbonyl (C=O) groups excluding carboxylic acids is 1. The van der Waals surface area contributed by atoms with E-state index in [0.29, 0.717) is 25.3 Å². The molecule has 0 radical (unpaired) electrons. The summed E-state index contributed by atoms with van der Waals surface area (Å²) in [7, 11) is 1.63. The van der Waals surface area contributed by atoms with Gasteiger partial charge in [-0.15, -0.1) is 0 Å². The molecule has 0 spiro atoms. The number of ether oxygens (including phenoxy) is 1. The van der Waals surface area contributed by atoms with Crippen molar-refractivity contribution in [2.24, 2.45) is 0 Å². The first-order valence-corrected chi connectivity index (χ1v) is 9.62. The van der Waals surface area contributed by atoms with Gasteiger partial charge in [-0.05, 0) is 25.1 Å². The molecule has 150 valence electrons. The molecule has 1 unspecified atom stereocenters. The maximum Gasteiger partial charge on any atom is 0.272 e. The van der Waals surface area contributed by atoms with Gasteiger partial charge in [0.05, 0.1) is 18.8 Å². The van der Waals surface area contributed by atoms with Crippen molar-refractivity contribution < 1.29 is 9.53 Å². The molecule has 7 heteroatoms. The van der Waals surface area contributed by atoms with Gasteiger partial charge >= 0.3 is 0 Å². The molecule has 2 heterocycles. The summed E-state index contributed by atoms with van der Waals surface area (Å²) in [6.07, 6.45) is 0. The number of methoxy groups -OCH3 is 1. The number of hydrogen-bond donors (Lipinski definition) is 2. The Labute approximate surface area is 168 Å². The number of benzene rings is 2. The first-order valence-electron chi connectivity index (χ1n) is 9.62. The van der Waals surface area contributed by atoms with Crippen LogP contribution in [0.5, 0.6) is 5.75 Å². The molecular formula is C22H24N4O3. The van der Waals surface area contributed by atoms with Crippen molar-refractivity contribution in [3.8, 4) is 11.4 Å². The number of nitrogens with one attached hydrogen (secondary N) is 2. The van der Waals surface area contributed by atoms with Crippen molar-refractivity contribution >= 4 is 5.91 Å². The van der Waals surface area contributed by atoms with Crippen LogP contribution in [0.2, 0.25) is 0 Å². The number of piperazine rings is 1. The van der Waals surface area contributed by atoms with Crippen LogP contribution in [0.25, 0.3) is 5.69 Å². The van der Waals surface area contributed by atoms with Gasteiger partial charge in [-0.3, -0.25) is 14.7 Å². The van der Waals surface area contributed by atoms with Gasteiger partial charge < -0.3 is 15.0 Å². The second kappa shape index (κ2) is 7.97. The molecule has 1 atom stereocenters. The Bertz CT molecular complexity index is 1070. The van der Waals surface area contributed by atoms with Crippen LogP contribution >= 0.6 is 0 Å². The molecule has 1 aliphatic rings. The fourth-order valence-electron chi connectivity index (χ4n) is 3.71. The number of aromatic nitrogens is 2. The number of aromatic amines is 1. The van der Waals surface area contributed by atoms with Crippen molar-refractivity contribution in [2.75, 3.05) is 26.7 Å². The molecule has 0 bridgehead atoms. The Hall–Kier alpha value is -3.32. The normalized spacial score (nSPS) is 16.6. The number of aryl methyl sites for hydroxylation is 1. The average Bonchev–Trinajstić information content (AvgIpc) is 3.15. The van der Waals surface area contributed by atoms with Gasteiger partial charge in [-0.2, -0.15) is 0 Å². The Morgan fingerprint density at radius 3 is 2.66 bits per heavy atom. The van der Waals surface area contributed by atoms with E-state index < -0.39 is 0 Å². The first kappa shape index (κ1) is 19.0. The zero-order valence-electron chi connectivity index (χ0n) is 16.5. The molecule has 7 nitrogen and oxygen atoms in total. The Morgan fingerprint density at radius 1 is 1.14 bits per heavy atom. The molecular weight excluding hydrogens is 368 g/mol.